The van der Waals surface area contributed by atoms with Crippen LogP contribution >= 0.6 is 12.4 Å². The van der Waals surface area contributed by atoms with Crippen LogP contribution in [0.4, 0.5) is 0 Å². The monoisotopic (exact) mass is 536 g/mol. The Bertz CT molecular complexity index is 870. The van der Waals surface area contributed by atoms with Gasteiger partial charge in [0, 0.05) is 18.5 Å². The van der Waals surface area contributed by atoms with Crippen LogP contribution in [0.1, 0.15) is 71.8 Å². The summed E-state index contributed by atoms with van der Waals surface area (Å²) in [5.41, 5.74) is 11.6. The highest BCUT2D eigenvalue weighted by Crippen LogP contribution is 2.27. The lowest BCUT2D eigenvalue weighted by Gasteiger charge is -2.34. The van der Waals surface area contributed by atoms with E-state index in [0.29, 0.717) is 25.8 Å². The van der Waals surface area contributed by atoms with Crippen molar-refractivity contribution >= 4 is 36.2 Å². The van der Waals surface area contributed by atoms with E-state index in [1.165, 1.54) is 5.01 Å². The molecule has 1 saturated carbocycles. The Morgan fingerprint density at radius 1 is 1.00 bits per heavy atom. The summed E-state index contributed by atoms with van der Waals surface area (Å²) in [6.07, 6.45) is 7.45. The maximum Gasteiger partial charge on any atom is 0.247 e. The molecule has 0 heterocycles. The van der Waals surface area contributed by atoms with E-state index in [4.69, 9.17) is 5.73 Å². The van der Waals surface area contributed by atoms with E-state index in [-0.39, 0.29) is 54.4 Å². The number of hydroxylamine groups is 1. The maximum atomic E-state index is 13.6. The summed E-state index contributed by atoms with van der Waals surface area (Å²) >= 11 is 0. The molecule has 1 aliphatic carbocycles. The zero-order valence-electron chi connectivity index (χ0n) is 22.6. The van der Waals surface area contributed by atoms with Crippen molar-refractivity contribution in [2.75, 3.05) is 6.54 Å². The Morgan fingerprint density at radius 3 is 2.16 bits per heavy atom. The van der Waals surface area contributed by atoms with Crippen molar-refractivity contribution in [2.45, 2.75) is 72.3 Å². The van der Waals surface area contributed by atoms with Crippen LogP contribution in [-0.4, -0.2) is 40.5 Å². The number of nitrogens with zero attached hydrogens (tertiary/aromatic N) is 1. The lowest BCUT2D eigenvalue weighted by molar-refractivity contribution is -0.150. The number of carbonyl (C=O) groups excluding carboxylic acids is 3. The minimum Gasteiger partial charge on any atom is -0.328 e. The third-order valence-corrected chi connectivity index (χ3v) is 6.67. The molecule has 0 aromatic heterocycles. The van der Waals surface area contributed by atoms with Gasteiger partial charge in [-0.25, -0.2) is 5.48 Å². The van der Waals surface area contributed by atoms with Gasteiger partial charge >= 0.3 is 0 Å². The largest absolute Gasteiger partial charge is 0.328 e. The van der Waals surface area contributed by atoms with Gasteiger partial charge < -0.3 is 5.73 Å². The van der Waals surface area contributed by atoms with E-state index in [2.05, 4.69) is 5.43 Å². The van der Waals surface area contributed by atoms with Crippen molar-refractivity contribution in [1.82, 2.24) is 15.9 Å². The first-order valence-corrected chi connectivity index (χ1v) is 13.1. The van der Waals surface area contributed by atoms with E-state index in [0.717, 1.165) is 18.4 Å². The number of rotatable bonds is 11. The standard InChI is InChI=1S/C28H44N4O4.ClH/c1-19(2)17-25(24(27(34)31-36)12-8-11-21-9-6-5-7-10-21)26(33)30-32(18-20(3)4)28(35)22-13-15-23(29)16-14-22;/h5-11,19-20,22-25,36H,12-18,29H2,1-4H3,(H,30,33)(H,31,34);1H/t22?,23?,24-,25+;/m0./s1. The van der Waals surface area contributed by atoms with Crippen molar-refractivity contribution < 1.29 is 19.6 Å². The van der Waals surface area contributed by atoms with E-state index >= 15 is 0 Å². The second-order valence-corrected chi connectivity index (χ2v) is 10.8. The second kappa shape index (κ2) is 16.4. The molecule has 9 heteroatoms. The highest BCUT2D eigenvalue weighted by molar-refractivity contribution is 5.89. The van der Waals surface area contributed by atoms with Gasteiger partial charge in [0.05, 0.1) is 11.8 Å². The van der Waals surface area contributed by atoms with Crippen LogP contribution in [0.25, 0.3) is 6.08 Å². The van der Waals surface area contributed by atoms with Crippen molar-refractivity contribution in [2.24, 2.45) is 35.3 Å². The first-order chi connectivity index (χ1) is 17.1. The fraction of sp³-hybridized carbons (Fsp3) is 0.607. The number of amides is 3. The Labute approximate surface area is 227 Å². The number of hydrogen-bond acceptors (Lipinski definition) is 5. The second-order valence-electron chi connectivity index (χ2n) is 10.8. The zero-order valence-corrected chi connectivity index (χ0v) is 23.4. The third kappa shape index (κ3) is 10.8. The molecule has 0 unspecified atom stereocenters. The first kappa shape index (κ1) is 32.6. The molecule has 1 fully saturated rings. The van der Waals surface area contributed by atoms with Gasteiger partial charge in [-0.15, -0.1) is 12.4 Å². The molecule has 208 valence electrons. The predicted octanol–water partition coefficient (Wildman–Crippen LogP) is 4.33. The van der Waals surface area contributed by atoms with Crippen LogP contribution in [0, 0.1) is 29.6 Å². The SMILES string of the molecule is CC(C)C[C@@H](C(=O)NN(CC(C)C)C(=O)C1CCC(N)CC1)[C@H](CC=Cc1ccccc1)C(=O)NO.Cl. The molecule has 2 atom stereocenters. The van der Waals surface area contributed by atoms with Gasteiger partial charge in [-0.1, -0.05) is 70.2 Å². The Kier molecular flexibility index (Phi) is 14.5. The van der Waals surface area contributed by atoms with Gasteiger partial charge in [-0.3, -0.25) is 30.0 Å². The Balaban J connectivity index is 0.00000684. The molecule has 37 heavy (non-hydrogen) atoms. The molecule has 0 saturated heterocycles. The van der Waals surface area contributed by atoms with Gasteiger partial charge in [0.25, 0.3) is 0 Å². The molecular weight excluding hydrogens is 492 g/mol. The maximum absolute atomic E-state index is 13.6. The highest BCUT2D eigenvalue weighted by atomic mass is 35.5. The number of benzene rings is 1. The Morgan fingerprint density at radius 2 is 1.62 bits per heavy atom. The zero-order chi connectivity index (χ0) is 26.7. The van der Waals surface area contributed by atoms with E-state index in [1.54, 1.807) is 5.48 Å². The number of hydrazine groups is 1. The molecule has 3 amide bonds. The smallest absolute Gasteiger partial charge is 0.247 e. The van der Waals surface area contributed by atoms with E-state index in [1.807, 2.05) is 70.2 Å². The Hall–Kier alpha value is -2.42. The quantitative estimate of drug-likeness (QED) is 0.247. The lowest BCUT2D eigenvalue weighted by atomic mass is 9.82. The van der Waals surface area contributed by atoms with Gasteiger partial charge in [-0.2, -0.15) is 0 Å². The van der Waals surface area contributed by atoms with Crippen LogP contribution in [0.2, 0.25) is 0 Å². The third-order valence-electron chi connectivity index (χ3n) is 6.67. The number of carbonyl (C=O) groups is 3. The predicted molar refractivity (Wildman–Crippen MR) is 148 cm³/mol. The summed E-state index contributed by atoms with van der Waals surface area (Å²) in [4.78, 5) is 39.6. The van der Waals surface area contributed by atoms with Crippen molar-refractivity contribution in [3.05, 3.63) is 42.0 Å². The van der Waals surface area contributed by atoms with Gasteiger partial charge in [0.15, 0.2) is 0 Å². The van der Waals surface area contributed by atoms with Crippen molar-refractivity contribution in [1.29, 1.82) is 0 Å². The normalized spacial score (nSPS) is 19.2. The topological polar surface area (TPSA) is 125 Å². The van der Waals surface area contributed by atoms with Crippen molar-refractivity contribution in [3.8, 4) is 0 Å². The highest BCUT2D eigenvalue weighted by Gasteiger charge is 2.36. The van der Waals surface area contributed by atoms with E-state index in [9.17, 15) is 19.6 Å². The molecule has 0 radical (unpaired) electrons. The molecule has 1 aromatic carbocycles. The molecule has 1 aliphatic rings. The number of nitrogens with one attached hydrogen (secondary N) is 2. The molecule has 0 spiro atoms. The number of halogens is 1. The van der Waals surface area contributed by atoms with Gasteiger partial charge in [0.1, 0.15) is 0 Å². The molecule has 8 nitrogen and oxygen atoms in total. The van der Waals surface area contributed by atoms with Crippen LogP contribution in [-0.2, 0) is 14.4 Å². The van der Waals surface area contributed by atoms with Gasteiger partial charge in [-0.05, 0) is 55.9 Å². The molecule has 0 bridgehead atoms. The van der Waals surface area contributed by atoms with Gasteiger partial charge in [0.2, 0.25) is 17.7 Å². The minimum atomic E-state index is -0.791. The number of hydrogen-bond donors (Lipinski definition) is 4. The average Bonchev–Trinajstić information content (AvgIpc) is 2.85. The summed E-state index contributed by atoms with van der Waals surface area (Å²) in [5, 5.41) is 10.9. The molecule has 0 aliphatic heterocycles. The van der Waals surface area contributed by atoms with Crippen molar-refractivity contribution in [3.63, 3.8) is 0 Å². The summed E-state index contributed by atoms with van der Waals surface area (Å²) in [6.45, 7) is 8.33. The average molecular weight is 537 g/mol. The molecular formula is C28H45ClN4O4. The summed E-state index contributed by atoms with van der Waals surface area (Å²) in [5.74, 6) is -2.50. The van der Waals surface area contributed by atoms with E-state index < -0.39 is 17.7 Å². The first-order valence-electron chi connectivity index (χ1n) is 13.1. The molecule has 2 rings (SSSR count). The fourth-order valence-corrected chi connectivity index (χ4v) is 4.77. The molecule has 5 N–H and O–H groups in total. The summed E-state index contributed by atoms with van der Waals surface area (Å²) < 4.78 is 0. The molecule has 1 aromatic rings. The van der Waals surface area contributed by atoms with Crippen LogP contribution in [0.3, 0.4) is 0 Å². The van der Waals surface area contributed by atoms with Crippen LogP contribution in [0.15, 0.2) is 36.4 Å². The minimum absolute atomic E-state index is 0. The van der Waals surface area contributed by atoms with Crippen LogP contribution in [0.5, 0.6) is 0 Å². The summed E-state index contributed by atoms with van der Waals surface area (Å²) in [6, 6.07) is 9.79. The number of nitrogens with two attached hydrogens (primary N) is 1. The van der Waals surface area contributed by atoms with Crippen LogP contribution < -0.4 is 16.6 Å². The fourth-order valence-electron chi connectivity index (χ4n) is 4.77. The number of allylic oxidation sites excluding steroid dienone is 1. The lowest BCUT2D eigenvalue weighted by Crippen LogP contribution is -2.54. The summed E-state index contributed by atoms with van der Waals surface area (Å²) in [7, 11) is 0.